The molecular formula is C14H24N2. The molecule has 0 spiro atoms. The topological polar surface area (TPSA) is 15.3 Å². The van der Waals surface area contributed by atoms with E-state index < -0.39 is 0 Å². The molecule has 0 fully saturated rings. The summed E-state index contributed by atoms with van der Waals surface area (Å²) >= 11 is 0. The van der Waals surface area contributed by atoms with Gasteiger partial charge in [-0.1, -0.05) is 32.9 Å². The summed E-state index contributed by atoms with van der Waals surface area (Å²) in [5.74, 6) is 0.612. The first kappa shape index (κ1) is 13.0. The van der Waals surface area contributed by atoms with E-state index in [-0.39, 0.29) is 0 Å². The van der Waals surface area contributed by atoms with E-state index in [9.17, 15) is 0 Å². The third kappa shape index (κ3) is 3.86. The van der Waals surface area contributed by atoms with Gasteiger partial charge in [0.2, 0.25) is 0 Å². The molecule has 16 heavy (non-hydrogen) atoms. The zero-order valence-electron chi connectivity index (χ0n) is 11.0. The average molecular weight is 220 g/mol. The normalized spacial score (nSPS) is 10.8. The predicted molar refractivity (Wildman–Crippen MR) is 72.3 cm³/mol. The summed E-state index contributed by atoms with van der Waals surface area (Å²) in [6.07, 6.45) is 0. The first-order valence-electron chi connectivity index (χ1n) is 6.17. The van der Waals surface area contributed by atoms with Crippen molar-refractivity contribution in [3.63, 3.8) is 0 Å². The molecule has 0 heterocycles. The van der Waals surface area contributed by atoms with Crippen molar-refractivity contribution < 1.29 is 0 Å². The minimum absolute atomic E-state index is 0.612. The van der Waals surface area contributed by atoms with Crippen LogP contribution in [0.1, 0.15) is 32.3 Å². The van der Waals surface area contributed by atoms with E-state index in [1.807, 2.05) is 0 Å². The molecule has 1 rings (SSSR count). The molecule has 0 aliphatic carbocycles. The van der Waals surface area contributed by atoms with Gasteiger partial charge in [0.15, 0.2) is 0 Å². The highest BCUT2D eigenvalue weighted by Crippen LogP contribution is 2.18. The van der Waals surface area contributed by atoms with Gasteiger partial charge in [-0.2, -0.15) is 0 Å². The highest BCUT2D eigenvalue weighted by Gasteiger charge is 2.02. The molecule has 1 aromatic rings. The number of hydrogen-bond donors (Lipinski definition) is 1. The number of nitrogens with one attached hydrogen (secondary N) is 1. The van der Waals surface area contributed by atoms with Crippen LogP contribution in [0, 0.1) is 0 Å². The smallest absolute Gasteiger partial charge is 0.0364 e. The summed E-state index contributed by atoms with van der Waals surface area (Å²) in [5.41, 5.74) is 2.70. The van der Waals surface area contributed by atoms with Gasteiger partial charge < -0.3 is 10.2 Å². The Morgan fingerprint density at radius 1 is 1.19 bits per heavy atom. The maximum Gasteiger partial charge on any atom is 0.0364 e. The molecule has 0 saturated heterocycles. The first-order chi connectivity index (χ1) is 7.65. The van der Waals surface area contributed by atoms with Gasteiger partial charge in [0.05, 0.1) is 0 Å². The van der Waals surface area contributed by atoms with E-state index in [2.05, 4.69) is 62.3 Å². The van der Waals surface area contributed by atoms with E-state index in [1.165, 1.54) is 11.3 Å². The average Bonchev–Trinajstić information content (AvgIpc) is 2.29. The first-order valence-corrected chi connectivity index (χ1v) is 6.17. The van der Waals surface area contributed by atoms with E-state index in [0.29, 0.717) is 5.92 Å². The zero-order chi connectivity index (χ0) is 12.0. The Morgan fingerprint density at radius 2 is 1.81 bits per heavy atom. The van der Waals surface area contributed by atoms with Crippen molar-refractivity contribution in [2.45, 2.75) is 26.7 Å². The van der Waals surface area contributed by atoms with Gasteiger partial charge >= 0.3 is 0 Å². The van der Waals surface area contributed by atoms with Crippen LogP contribution in [0.4, 0.5) is 5.69 Å². The number of likely N-dealkylation sites (N-methyl/N-ethyl adjacent to an activating group) is 2. The summed E-state index contributed by atoms with van der Waals surface area (Å²) in [5, 5.41) is 3.34. The molecule has 0 saturated carbocycles. The van der Waals surface area contributed by atoms with Crippen LogP contribution in [0.5, 0.6) is 0 Å². The minimum atomic E-state index is 0.612. The fraction of sp³-hybridized carbons (Fsp3) is 0.571. The molecule has 0 aliphatic heterocycles. The highest BCUT2D eigenvalue weighted by molar-refractivity contribution is 5.47. The summed E-state index contributed by atoms with van der Waals surface area (Å²) < 4.78 is 0. The van der Waals surface area contributed by atoms with Crippen LogP contribution in [-0.2, 0) is 0 Å². The van der Waals surface area contributed by atoms with Crippen molar-refractivity contribution >= 4 is 5.69 Å². The van der Waals surface area contributed by atoms with Crippen molar-refractivity contribution in [2.75, 3.05) is 31.6 Å². The number of hydrogen-bond acceptors (Lipinski definition) is 2. The molecule has 0 atom stereocenters. The van der Waals surface area contributed by atoms with E-state index in [0.717, 1.165) is 19.6 Å². The maximum atomic E-state index is 3.34. The second-order valence-corrected chi connectivity index (χ2v) is 4.52. The van der Waals surface area contributed by atoms with Gasteiger partial charge in [-0.15, -0.1) is 0 Å². The predicted octanol–water partition coefficient (Wildman–Crippen LogP) is 2.86. The minimum Gasteiger partial charge on any atom is -0.373 e. The van der Waals surface area contributed by atoms with Crippen LogP contribution < -0.4 is 10.2 Å². The Hall–Kier alpha value is -1.02. The fourth-order valence-electron chi connectivity index (χ4n) is 1.67. The van der Waals surface area contributed by atoms with Crippen molar-refractivity contribution in [2.24, 2.45) is 0 Å². The van der Waals surface area contributed by atoms with Crippen molar-refractivity contribution in [1.29, 1.82) is 0 Å². The third-order valence-electron chi connectivity index (χ3n) is 2.87. The number of benzene rings is 1. The van der Waals surface area contributed by atoms with E-state index in [4.69, 9.17) is 0 Å². The third-order valence-corrected chi connectivity index (χ3v) is 2.87. The van der Waals surface area contributed by atoms with Gasteiger partial charge in [-0.3, -0.25) is 0 Å². The van der Waals surface area contributed by atoms with Crippen molar-refractivity contribution in [1.82, 2.24) is 5.32 Å². The molecule has 2 heteroatoms. The lowest BCUT2D eigenvalue weighted by Crippen LogP contribution is -2.28. The van der Waals surface area contributed by atoms with Gasteiger partial charge in [0, 0.05) is 25.8 Å². The van der Waals surface area contributed by atoms with Gasteiger partial charge in [-0.25, -0.2) is 0 Å². The molecule has 1 N–H and O–H groups in total. The van der Waals surface area contributed by atoms with Crippen molar-refractivity contribution in [3.05, 3.63) is 29.8 Å². The number of anilines is 1. The van der Waals surface area contributed by atoms with Crippen LogP contribution >= 0.6 is 0 Å². The molecule has 0 radical (unpaired) electrons. The molecule has 0 aliphatic rings. The molecular weight excluding hydrogens is 196 g/mol. The van der Waals surface area contributed by atoms with Crippen LogP contribution in [0.15, 0.2) is 24.3 Å². The summed E-state index contributed by atoms with van der Waals surface area (Å²) in [4.78, 5) is 2.28. The maximum absolute atomic E-state index is 3.34. The summed E-state index contributed by atoms with van der Waals surface area (Å²) in [6, 6.07) is 8.87. The Labute approximate surface area is 99.7 Å². The Morgan fingerprint density at radius 3 is 2.31 bits per heavy atom. The number of rotatable bonds is 6. The van der Waals surface area contributed by atoms with Crippen LogP contribution in [0.2, 0.25) is 0 Å². The van der Waals surface area contributed by atoms with Crippen LogP contribution in [0.3, 0.4) is 0 Å². The molecule has 90 valence electrons. The Bertz CT molecular complexity index is 290. The van der Waals surface area contributed by atoms with Gasteiger partial charge in [0.1, 0.15) is 0 Å². The Kier molecular flexibility index (Phi) is 5.33. The SMILES string of the molecule is CCNCCN(C)c1ccc(C(C)C)cc1. The monoisotopic (exact) mass is 220 g/mol. The quantitative estimate of drug-likeness (QED) is 0.742. The molecule has 1 aromatic carbocycles. The lowest BCUT2D eigenvalue weighted by Gasteiger charge is -2.20. The largest absolute Gasteiger partial charge is 0.373 e. The molecule has 0 bridgehead atoms. The lowest BCUT2D eigenvalue weighted by molar-refractivity contribution is 0.706. The zero-order valence-corrected chi connectivity index (χ0v) is 11.0. The summed E-state index contributed by atoms with van der Waals surface area (Å²) in [7, 11) is 2.14. The van der Waals surface area contributed by atoms with Crippen LogP contribution in [0.25, 0.3) is 0 Å². The van der Waals surface area contributed by atoms with Crippen LogP contribution in [-0.4, -0.2) is 26.7 Å². The highest BCUT2D eigenvalue weighted by atomic mass is 15.1. The van der Waals surface area contributed by atoms with E-state index in [1.54, 1.807) is 0 Å². The lowest BCUT2D eigenvalue weighted by atomic mass is 10.0. The fourth-order valence-corrected chi connectivity index (χ4v) is 1.67. The van der Waals surface area contributed by atoms with Gasteiger partial charge in [-0.05, 0) is 30.2 Å². The molecule has 0 unspecified atom stereocenters. The summed E-state index contributed by atoms with van der Waals surface area (Å²) in [6.45, 7) is 9.72. The standard InChI is InChI=1S/C14H24N2/c1-5-15-10-11-16(4)14-8-6-13(7-9-14)12(2)3/h6-9,12,15H,5,10-11H2,1-4H3. The number of nitrogens with zero attached hydrogens (tertiary/aromatic N) is 1. The van der Waals surface area contributed by atoms with Crippen molar-refractivity contribution in [3.8, 4) is 0 Å². The Balaban J connectivity index is 2.52. The molecule has 0 amide bonds. The second-order valence-electron chi connectivity index (χ2n) is 4.52. The van der Waals surface area contributed by atoms with Gasteiger partial charge in [0.25, 0.3) is 0 Å². The second kappa shape index (κ2) is 6.54. The molecule has 2 nitrogen and oxygen atoms in total. The molecule has 0 aromatic heterocycles. The van der Waals surface area contributed by atoms with E-state index >= 15 is 0 Å².